The third-order valence-corrected chi connectivity index (χ3v) is 3.86. The maximum Gasteiger partial charge on any atom is 0.125 e. The monoisotopic (exact) mass is 271 g/mol. The first-order chi connectivity index (χ1) is 9.76. The van der Waals surface area contributed by atoms with Crippen molar-refractivity contribution in [3.63, 3.8) is 0 Å². The first-order valence-corrected chi connectivity index (χ1v) is 7.63. The molecule has 0 fully saturated rings. The molecule has 2 rings (SSSR count). The Kier molecular flexibility index (Phi) is 5.42. The maximum atomic E-state index is 5.60. The third-order valence-electron chi connectivity index (χ3n) is 3.86. The molecule has 0 amide bonds. The fourth-order valence-corrected chi connectivity index (χ4v) is 2.34. The molecule has 0 aliphatic rings. The van der Waals surface area contributed by atoms with E-state index in [0.29, 0.717) is 5.92 Å². The molecule has 1 N–H and O–H groups in total. The summed E-state index contributed by atoms with van der Waals surface area (Å²) < 4.78 is 5.60. The van der Waals surface area contributed by atoms with Crippen LogP contribution in [0.15, 0.2) is 41.0 Å². The highest BCUT2D eigenvalue weighted by molar-refractivity contribution is 5.65. The zero-order chi connectivity index (χ0) is 14.4. The minimum atomic E-state index is 0.624. The van der Waals surface area contributed by atoms with Crippen molar-refractivity contribution in [2.24, 2.45) is 0 Å². The summed E-state index contributed by atoms with van der Waals surface area (Å²) in [6.45, 7) is 8.49. The average molecular weight is 271 g/mol. The summed E-state index contributed by atoms with van der Waals surface area (Å²) in [5.74, 6) is 1.65. The molecular formula is C18H25NO. The van der Waals surface area contributed by atoms with Gasteiger partial charge in [-0.15, -0.1) is 0 Å². The second-order valence-electron chi connectivity index (χ2n) is 5.37. The van der Waals surface area contributed by atoms with Crippen molar-refractivity contribution in [1.29, 1.82) is 0 Å². The van der Waals surface area contributed by atoms with Crippen LogP contribution >= 0.6 is 0 Å². The van der Waals surface area contributed by atoms with E-state index < -0.39 is 0 Å². The van der Waals surface area contributed by atoms with Gasteiger partial charge in [0, 0.05) is 5.56 Å². The van der Waals surface area contributed by atoms with E-state index in [1.807, 2.05) is 0 Å². The Bertz CT molecular complexity index is 512. The predicted octanol–water partition coefficient (Wildman–Crippen LogP) is 4.96. The Morgan fingerprint density at radius 2 is 1.85 bits per heavy atom. The lowest BCUT2D eigenvalue weighted by molar-refractivity contribution is 0.484. The summed E-state index contributed by atoms with van der Waals surface area (Å²) in [5, 5.41) is 3.39. The lowest BCUT2D eigenvalue weighted by Gasteiger charge is -2.10. The molecular weight excluding hydrogens is 246 g/mol. The Morgan fingerprint density at radius 1 is 1.10 bits per heavy atom. The van der Waals surface area contributed by atoms with E-state index in [-0.39, 0.29) is 0 Å². The van der Waals surface area contributed by atoms with Gasteiger partial charge in [-0.3, -0.25) is 0 Å². The first kappa shape index (κ1) is 14.9. The maximum absolute atomic E-state index is 5.60. The van der Waals surface area contributed by atoms with Crippen molar-refractivity contribution in [2.75, 3.05) is 6.54 Å². The van der Waals surface area contributed by atoms with Crippen LogP contribution in [-0.4, -0.2) is 6.54 Å². The molecule has 1 heterocycles. The number of hydrogen-bond donors (Lipinski definition) is 1. The zero-order valence-corrected chi connectivity index (χ0v) is 12.8. The van der Waals surface area contributed by atoms with Crippen molar-refractivity contribution in [3.8, 4) is 11.1 Å². The molecule has 0 radical (unpaired) electrons. The minimum absolute atomic E-state index is 0.624. The van der Waals surface area contributed by atoms with Gasteiger partial charge in [0.15, 0.2) is 0 Å². The highest BCUT2D eigenvalue weighted by atomic mass is 16.3. The highest BCUT2D eigenvalue weighted by Gasteiger charge is 2.09. The first-order valence-electron chi connectivity index (χ1n) is 7.63. The molecule has 1 atom stereocenters. The summed E-state index contributed by atoms with van der Waals surface area (Å²) >= 11 is 0. The van der Waals surface area contributed by atoms with Gasteiger partial charge in [-0.05, 0) is 42.5 Å². The van der Waals surface area contributed by atoms with Crippen LogP contribution in [0.5, 0.6) is 0 Å². The molecule has 108 valence electrons. The van der Waals surface area contributed by atoms with Gasteiger partial charge in [0.1, 0.15) is 5.76 Å². The number of nitrogens with one attached hydrogen (secondary N) is 1. The topological polar surface area (TPSA) is 25.2 Å². The quantitative estimate of drug-likeness (QED) is 0.720. The van der Waals surface area contributed by atoms with Gasteiger partial charge >= 0.3 is 0 Å². The van der Waals surface area contributed by atoms with E-state index in [4.69, 9.17) is 4.42 Å². The summed E-state index contributed by atoms with van der Waals surface area (Å²) in [7, 11) is 0. The van der Waals surface area contributed by atoms with E-state index in [9.17, 15) is 0 Å². The van der Waals surface area contributed by atoms with Gasteiger partial charge in [0.25, 0.3) is 0 Å². The van der Waals surface area contributed by atoms with Crippen molar-refractivity contribution in [2.45, 2.75) is 46.1 Å². The van der Waals surface area contributed by atoms with E-state index in [1.165, 1.54) is 23.1 Å². The highest BCUT2D eigenvalue weighted by Crippen LogP contribution is 2.27. The van der Waals surface area contributed by atoms with Crippen LogP contribution in [-0.2, 0) is 6.54 Å². The van der Waals surface area contributed by atoms with Crippen LogP contribution in [0.3, 0.4) is 0 Å². The van der Waals surface area contributed by atoms with Crippen molar-refractivity contribution in [1.82, 2.24) is 5.32 Å². The van der Waals surface area contributed by atoms with E-state index in [2.05, 4.69) is 56.4 Å². The van der Waals surface area contributed by atoms with Crippen molar-refractivity contribution >= 4 is 0 Å². The molecule has 20 heavy (non-hydrogen) atoms. The summed E-state index contributed by atoms with van der Waals surface area (Å²) in [6.07, 6.45) is 4.10. The minimum Gasteiger partial charge on any atom is -0.467 e. The Balaban J connectivity index is 2.13. The Labute approximate surface area is 122 Å². The zero-order valence-electron chi connectivity index (χ0n) is 12.8. The fraction of sp³-hybridized carbons (Fsp3) is 0.444. The van der Waals surface area contributed by atoms with Crippen molar-refractivity contribution in [3.05, 3.63) is 47.9 Å². The smallest absolute Gasteiger partial charge is 0.125 e. The standard InChI is InChI=1S/C18H25NO/c1-4-11-19-13-18-17(10-12-20-18)16-8-6-15(7-9-16)14(3)5-2/h6-10,12,14,19H,4-5,11,13H2,1-3H3. The van der Waals surface area contributed by atoms with E-state index >= 15 is 0 Å². The summed E-state index contributed by atoms with van der Waals surface area (Å²) in [4.78, 5) is 0. The van der Waals surface area contributed by atoms with Gasteiger partial charge in [-0.1, -0.05) is 45.0 Å². The molecule has 0 aliphatic carbocycles. The van der Waals surface area contributed by atoms with E-state index in [0.717, 1.165) is 25.3 Å². The van der Waals surface area contributed by atoms with Gasteiger partial charge in [-0.25, -0.2) is 0 Å². The summed E-state index contributed by atoms with van der Waals surface area (Å²) in [6, 6.07) is 10.9. The number of benzene rings is 1. The van der Waals surface area contributed by atoms with Gasteiger partial charge in [-0.2, -0.15) is 0 Å². The second kappa shape index (κ2) is 7.30. The van der Waals surface area contributed by atoms with Crippen LogP contribution in [0, 0.1) is 0 Å². The van der Waals surface area contributed by atoms with Gasteiger partial charge in [0.2, 0.25) is 0 Å². The molecule has 0 aliphatic heterocycles. The predicted molar refractivity (Wildman–Crippen MR) is 84.8 cm³/mol. The largest absolute Gasteiger partial charge is 0.467 e. The van der Waals surface area contributed by atoms with Crippen molar-refractivity contribution < 1.29 is 4.42 Å². The second-order valence-corrected chi connectivity index (χ2v) is 5.37. The number of hydrogen-bond acceptors (Lipinski definition) is 2. The molecule has 0 saturated carbocycles. The average Bonchev–Trinajstić information content (AvgIpc) is 2.95. The van der Waals surface area contributed by atoms with Crippen LogP contribution < -0.4 is 5.32 Å². The molecule has 0 bridgehead atoms. The fourth-order valence-electron chi connectivity index (χ4n) is 2.34. The molecule has 0 saturated heterocycles. The summed E-state index contributed by atoms with van der Waals surface area (Å²) in [5.41, 5.74) is 3.84. The molecule has 1 aromatic heterocycles. The Hall–Kier alpha value is -1.54. The van der Waals surface area contributed by atoms with Crippen LogP contribution in [0.2, 0.25) is 0 Å². The third kappa shape index (κ3) is 3.51. The van der Waals surface area contributed by atoms with Gasteiger partial charge in [0.05, 0.1) is 12.8 Å². The normalized spacial score (nSPS) is 12.6. The lowest BCUT2D eigenvalue weighted by Crippen LogP contribution is -2.13. The number of rotatable bonds is 7. The SMILES string of the molecule is CCCNCc1occc1-c1ccc(C(C)CC)cc1. The van der Waals surface area contributed by atoms with Crippen LogP contribution in [0.1, 0.15) is 50.9 Å². The molecule has 0 spiro atoms. The molecule has 2 aromatic rings. The Morgan fingerprint density at radius 3 is 2.50 bits per heavy atom. The van der Waals surface area contributed by atoms with Gasteiger partial charge < -0.3 is 9.73 Å². The molecule has 1 unspecified atom stereocenters. The molecule has 1 aromatic carbocycles. The van der Waals surface area contributed by atoms with E-state index in [1.54, 1.807) is 6.26 Å². The van der Waals surface area contributed by atoms with Crippen LogP contribution in [0.25, 0.3) is 11.1 Å². The molecule has 2 heteroatoms. The van der Waals surface area contributed by atoms with Crippen LogP contribution in [0.4, 0.5) is 0 Å². The molecule has 2 nitrogen and oxygen atoms in total. The number of furan rings is 1. The lowest BCUT2D eigenvalue weighted by atomic mass is 9.96.